The second-order valence-electron chi connectivity index (χ2n) is 5.69. The second-order valence-corrected chi connectivity index (χ2v) is 5.69. The SMILES string of the molecule is CC12CCC(O)C(CCC(=O)O)C1CCC2=O. The van der Waals surface area contributed by atoms with Gasteiger partial charge in [-0.1, -0.05) is 6.92 Å². The fourth-order valence-corrected chi connectivity index (χ4v) is 3.72. The van der Waals surface area contributed by atoms with E-state index in [1.54, 1.807) is 0 Å². The molecule has 0 spiro atoms. The highest BCUT2D eigenvalue weighted by Gasteiger charge is 2.53. The van der Waals surface area contributed by atoms with Gasteiger partial charge in [-0.2, -0.15) is 0 Å². The lowest BCUT2D eigenvalue weighted by molar-refractivity contribution is -0.138. The summed E-state index contributed by atoms with van der Waals surface area (Å²) < 4.78 is 0. The minimum Gasteiger partial charge on any atom is -0.481 e. The van der Waals surface area contributed by atoms with Crippen molar-refractivity contribution in [1.82, 2.24) is 0 Å². The van der Waals surface area contributed by atoms with Gasteiger partial charge >= 0.3 is 5.97 Å². The van der Waals surface area contributed by atoms with Crippen LogP contribution in [0.5, 0.6) is 0 Å². The lowest BCUT2D eigenvalue weighted by Crippen LogP contribution is -2.44. The zero-order chi connectivity index (χ0) is 12.6. The van der Waals surface area contributed by atoms with Crippen molar-refractivity contribution in [2.75, 3.05) is 0 Å². The highest BCUT2D eigenvalue weighted by molar-refractivity contribution is 5.87. The van der Waals surface area contributed by atoms with Crippen molar-refractivity contribution < 1.29 is 19.8 Å². The van der Waals surface area contributed by atoms with E-state index in [0.717, 1.165) is 12.8 Å². The first-order valence-electron chi connectivity index (χ1n) is 6.38. The molecule has 2 aliphatic rings. The quantitative estimate of drug-likeness (QED) is 0.786. The molecule has 4 atom stereocenters. The zero-order valence-corrected chi connectivity index (χ0v) is 10.2. The molecule has 4 nitrogen and oxygen atoms in total. The van der Waals surface area contributed by atoms with Gasteiger partial charge in [0.1, 0.15) is 5.78 Å². The maximum absolute atomic E-state index is 11.9. The first-order valence-corrected chi connectivity index (χ1v) is 6.38. The summed E-state index contributed by atoms with van der Waals surface area (Å²) in [6.45, 7) is 1.99. The fraction of sp³-hybridized carbons (Fsp3) is 0.846. The Labute approximate surface area is 101 Å². The smallest absolute Gasteiger partial charge is 0.303 e. The molecule has 0 bridgehead atoms. The van der Waals surface area contributed by atoms with E-state index in [0.29, 0.717) is 25.0 Å². The van der Waals surface area contributed by atoms with Crippen LogP contribution in [0.15, 0.2) is 0 Å². The van der Waals surface area contributed by atoms with Gasteiger partial charge in [0.25, 0.3) is 0 Å². The van der Waals surface area contributed by atoms with Crippen molar-refractivity contribution in [1.29, 1.82) is 0 Å². The molecule has 0 heterocycles. The van der Waals surface area contributed by atoms with Crippen LogP contribution in [0.25, 0.3) is 0 Å². The van der Waals surface area contributed by atoms with Crippen LogP contribution in [0, 0.1) is 17.3 Å². The van der Waals surface area contributed by atoms with Gasteiger partial charge in [0, 0.05) is 18.3 Å². The molecule has 17 heavy (non-hydrogen) atoms. The van der Waals surface area contributed by atoms with Crippen LogP contribution in [0.3, 0.4) is 0 Å². The van der Waals surface area contributed by atoms with Crippen LogP contribution in [0.2, 0.25) is 0 Å². The number of ketones is 1. The number of aliphatic hydroxyl groups excluding tert-OH is 1. The van der Waals surface area contributed by atoms with Crippen molar-refractivity contribution in [3.8, 4) is 0 Å². The topological polar surface area (TPSA) is 74.6 Å². The molecule has 2 fully saturated rings. The van der Waals surface area contributed by atoms with Gasteiger partial charge in [0.05, 0.1) is 6.10 Å². The van der Waals surface area contributed by atoms with Crippen molar-refractivity contribution in [2.45, 2.75) is 51.6 Å². The number of carboxylic acid groups (broad SMARTS) is 1. The van der Waals surface area contributed by atoms with E-state index in [1.165, 1.54) is 0 Å². The normalized spacial score (nSPS) is 41.3. The molecule has 0 aromatic carbocycles. The molecule has 0 aliphatic heterocycles. The summed E-state index contributed by atoms with van der Waals surface area (Å²) in [6, 6.07) is 0. The lowest BCUT2D eigenvalue weighted by atomic mass is 9.62. The van der Waals surface area contributed by atoms with E-state index < -0.39 is 12.1 Å². The summed E-state index contributed by atoms with van der Waals surface area (Å²) in [5.41, 5.74) is -0.303. The Morgan fingerprint density at radius 2 is 2.18 bits per heavy atom. The van der Waals surface area contributed by atoms with E-state index in [-0.39, 0.29) is 23.7 Å². The highest BCUT2D eigenvalue weighted by atomic mass is 16.4. The average Bonchev–Trinajstić information content (AvgIpc) is 2.55. The van der Waals surface area contributed by atoms with Gasteiger partial charge < -0.3 is 10.2 Å². The molecule has 2 saturated carbocycles. The van der Waals surface area contributed by atoms with Crippen LogP contribution < -0.4 is 0 Å². The number of hydrogen-bond acceptors (Lipinski definition) is 3. The molecule has 2 rings (SSSR count). The number of fused-ring (bicyclic) bond motifs is 1. The summed E-state index contributed by atoms with van der Waals surface area (Å²) >= 11 is 0. The van der Waals surface area contributed by atoms with Gasteiger partial charge in [-0.05, 0) is 37.5 Å². The molecular formula is C13H20O4. The molecule has 4 heteroatoms. The average molecular weight is 240 g/mol. The third-order valence-electron chi connectivity index (χ3n) is 4.80. The lowest BCUT2D eigenvalue weighted by Gasteiger charge is -2.43. The van der Waals surface area contributed by atoms with Crippen LogP contribution in [-0.2, 0) is 9.59 Å². The van der Waals surface area contributed by atoms with E-state index in [9.17, 15) is 14.7 Å². The summed E-state index contributed by atoms with van der Waals surface area (Å²) in [6.07, 6.45) is 2.93. The van der Waals surface area contributed by atoms with E-state index >= 15 is 0 Å². The van der Waals surface area contributed by atoms with E-state index in [2.05, 4.69) is 0 Å². The number of carbonyl (C=O) groups excluding carboxylic acids is 1. The summed E-state index contributed by atoms with van der Waals surface area (Å²) in [4.78, 5) is 22.6. The molecule has 0 amide bonds. The molecule has 96 valence electrons. The molecular weight excluding hydrogens is 220 g/mol. The van der Waals surface area contributed by atoms with Gasteiger partial charge in [0.2, 0.25) is 0 Å². The number of rotatable bonds is 3. The maximum Gasteiger partial charge on any atom is 0.303 e. The number of Topliss-reactive ketones (excluding diaryl/α,β-unsaturated/α-hetero) is 1. The van der Waals surface area contributed by atoms with Gasteiger partial charge in [-0.25, -0.2) is 0 Å². The number of carboxylic acids is 1. The largest absolute Gasteiger partial charge is 0.481 e. The van der Waals surface area contributed by atoms with Gasteiger partial charge in [-0.3, -0.25) is 9.59 Å². The Morgan fingerprint density at radius 3 is 2.82 bits per heavy atom. The molecule has 0 saturated heterocycles. The third kappa shape index (κ3) is 2.10. The maximum atomic E-state index is 11.9. The van der Waals surface area contributed by atoms with Crippen molar-refractivity contribution in [2.24, 2.45) is 17.3 Å². The minimum atomic E-state index is -0.825. The zero-order valence-electron chi connectivity index (χ0n) is 10.2. The molecule has 2 aliphatic carbocycles. The second kappa shape index (κ2) is 4.41. The first kappa shape index (κ1) is 12.6. The van der Waals surface area contributed by atoms with Crippen LogP contribution in [0.4, 0.5) is 0 Å². The van der Waals surface area contributed by atoms with Crippen LogP contribution in [-0.4, -0.2) is 28.1 Å². The number of aliphatic hydroxyl groups is 1. The number of carbonyl (C=O) groups is 2. The summed E-state index contributed by atoms with van der Waals surface area (Å²) in [7, 11) is 0. The van der Waals surface area contributed by atoms with Crippen LogP contribution in [0.1, 0.15) is 45.4 Å². The Balaban J connectivity index is 2.13. The Bertz CT molecular complexity index is 338. The Kier molecular flexibility index (Phi) is 3.25. The molecule has 4 unspecified atom stereocenters. The predicted octanol–water partition coefficient (Wildman–Crippen LogP) is 1.61. The number of aliphatic carboxylic acids is 1. The van der Waals surface area contributed by atoms with Crippen molar-refractivity contribution in [3.63, 3.8) is 0 Å². The molecule has 2 N–H and O–H groups in total. The molecule has 0 aromatic heterocycles. The van der Waals surface area contributed by atoms with E-state index in [1.807, 2.05) is 6.92 Å². The minimum absolute atomic E-state index is 0.0173. The first-order chi connectivity index (χ1) is 7.95. The van der Waals surface area contributed by atoms with Gasteiger partial charge in [-0.15, -0.1) is 0 Å². The fourth-order valence-electron chi connectivity index (χ4n) is 3.72. The number of hydrogen-bond donors (Lipinski definition) is 2. The summed E-state index contributed by atoms with van der Waals surface area (Å²) in [5, 5.41) is 18.8. The van der Waals surface area contributed by atoms with Gasteiger partial charge in [0.15, 0.2) is 0 Å². The standard InChI is InChI=1S/C13H20O4/c1-13-7-6-10(14)8(2-5-12(16)17)9(13)3-4-11(13)15/h8-10,14H,2-7H2,1H3,(H,16,17). The molecule has 0 radical (unpaired) electrons. The third-order valence-corrected chi connectivity index (χ3v) is 4.80. The van der Waals surface area contributed by atoms with E-state index in [4.69, 9.17) is 5.11 Å². The van der Waals surface area contributed by atoms with Crippen LogP contribution >= 0.6 is 0 Å². The molecule has 0 aromatic rings. The Hall–Kier alpha value is -0.900. The van der Waals surface area contributed by atoms with Crippen molar-refractivity contribution in [3.05, 3.63) is 0 Å². The van der Waals surface area contributed by atoms with Crippen molar-refractivity contribution >= 4 is 11.8 Å². The monoisotopic (exact) mass is 240 g/mol. The Morgan fingerprint density at radius 1 is 1.47 bits per heavy atom. The summed E-state index contributed by atoms with van der Waals surface area (Å²) in [5.74, 6) is -0.363. The highest BCUT2D eigenvalue weighted by Crippen LogP contribution is 2.53. The predicted molar refractivity (Wildman–Crippen MR) is 61.4 cm³/mol.